The van der Waals surface area contributed by atoms with Gasteiger partial charge in [-0.25, -0.2) is 0 Å². The highest BCUT2D eigenvalue weighted by Gasteiger charge is 2.67. The predicted molar refractivity (Wildman–Crippen MR) is 67.3 cm³/mol. The number of hydrogen-bond donors (Lipinski definition) is 1. The van der Waals surface area contributed by atoms with Gasteiger partial charge in [-0.15, -0.1) is 0 Å². The first-order valence-electron chi connectivity index (χ1n) is 6.27. The molecule has 0 aliphatic heterocycles. The fourth-order valence-electron chi connectivity index (χ4n) is 3.93. The normalized spacial score (nSPS) is 33.5. The van der Waals surface area contributed by atoms with Crippen molar-refractivity contribution in [2.75, 3.05) is 0 Å². The second-order valence-corrected chi connectivity index (χ2v) is 5.94. The van der Waals surface area contributed by atoms with Gasteiger partial charge in [-0.2, -0.15) is 10.5 Å². The van der Waals surface area contributed by atoms with Crippen LogP contribution in [0.1, 0.15) is 36.8 Å². The SMILES string of the molecule is N#Cc1ccc(C23CC(CC(N)C#N)(C2)C3)cc1. The third kappa shape index (κ3) is 1.45. The van der Waals surface area contributed by atoms with Crippen LogP contribution < -0.4 is 5.73 Å². The summed E-state index contributed by atoms with van der Waals surface area (Å²) in [6.45, 7) is 0. The molecule has 0 amide bonds. The van der Waals surface area contributed by atoms with Crippen LogP contribution in [0.5, 0.6) is 0 Å². The van der Waals surface area contributed by atoms with Crippen molar-refractivity contribution in [2.45, 2.75) is 37.1 Å². The van der Waals surface area contributed by atoms with Gasteiger partial charge in [-0.1, -0.05) is 12.1 Å². The second kappa shape index (κ2) is 3.57. The van der Waals surface area contributed by atoms with E-state index < -0.39 is 0 Å². The van der Waals surface area contributed by atoms with E-state index in [-0.39, 0.29) is 6.04 Å². The molecule has 3 saturated carbocycles. The molecule has 90 valence electrons. The van der Waals surface area contributed by atoms with Crippen LogP contribution in [0.3, 0.4) is 0 Å². The molecule has 3 fully saturated rings. The maximum absolute atomic E-state index is 8.79. The lowest BCUT2D eigenvalue weighted by Gasteiger charge is -2.72. The highest BCUT2D eigenvalue weighted by atomic mass is 14.7. The first-order valence-corrected chi connectivity index (χ1v) is 6.27. The van der Waals surface area contributed by atoms with Crippen molar-refractivity contribution in [1.29, 1.82) is 10.5 Å². The van der Waals surface area contributed by atoms with Crippen LogP contribution in [0.4, 0.5) is 0 Å². The summed E-state index contributed by atoms with van der Waals surface area (Å²) in [6.07, 6.45) is 4.30. The van der Waals surface area contributed by atoms with E-state index in [9.17, 15) is 0 Å². The van der Waals surface area contributed by atoms with Crippen LogP contribution in [-0.4, -0.2) is 6.04 Å². The zero-order chi connectivity index (χ0) is 12.8. The minimum atomic E-state index is -0.315. The molecule has 3 aliphatic rings. The van der Waals surface area contributed by atoms with E-state index >= 15 is 0 Å². The molecule has 0 heterocycles. The molecule has 3 heteroatoms. The third-order valence-electron chi connectivity index (χ3n) is 4.59. The minimum absolute atomic E-state index is 0.315. The third-order valence-corrected chi connectivity index (χ3v) is 4.59. The Morgan fingerprint density at radius 2 is 1.78 bits per heavy atom. The predicted octanol–water partition coefficient (Wildman–Crippen LogP) is 2.22. The molecule has 3 nitrogen and oxygen atoms in total. The van der Waals surface area contributed by atoms with Gasteiger partial charge in [0.05, 0.1) is 23.7 Å². The van der Waals surface area contributed by atoms with E-state index in [1.54, 1.807) is 0 Å². The monoisotopic (exact) mass is 237 g/mol. The molecular formula is C15H15N3. The lowest BCUT2D eigenvalue weighted by molar-refractivity contribution is -0.147. The van der Waals surface area contributed by atoms with Crippen LogP contribution in [0.15, 0.2) is 24.3 Å². The number of nitrogens with two attached hydrogens (primary N) is 1. The van der Waals surface area contributed by atoms with Crippen molar-refractivity contribution in [2.24, 2.45) is 11.1 Å². The van der Waals surface area contributed by atoms with Crippen molar-refractivity contribution in [3.63, 3.8) is 0 Å². The Hall–Kier alpha value is -1.84. The maximum Gasteiger partial charge on any atom is 0.0991 e. The van der Waals surface area contributed by atoms with Gasteiger partial charge in [-0.3, -0.25) is 0 Å². The molecule has 0 saturated heterocycles. The van der Waals surface area contributed by atoms with E-state index in [4.69, 9.17) is 16.3 Å². The number of nitriles is 2. The number of nitrogens with zero attached hydrogens (tertiary/aromatic N) is 2. The molecule has 2 bridgehead atoms. The van der Waals surface area contributed by atoms with Gasteiger partial charge in [0.2, 0.25) is 0 Å². The lowest BCUT2D eigenvalue weighted by Crippen LogP contribution is -2.65. The average molecular weight is 237 g/mol. The van der Waals surface area contributed by atoms with Gasteiger partial charge in [0, 0.05) is 0 Å². The summed E-state index contributed by atoms with van der Waals surface area (Å²) in [5.74, 6) is 0. The second-order valence-electron chi connectivity index (χ2n) is 5.94. The molecule has 1 aromatic rings. The van der Waals surface area contributed by atoms with E-state index in [0.717, 1.165) is 25.7 Å². The molecule has 1 aromatic carbocycles. The Morgan fingerprint density at radius 3 is 2.28 bits per heavy atom. The summed E-state index contributed by atoms with van der Waals surface area (Å²) in [5, 5.41) is 17.6. The van der Waals surface area contributed by atoms with Gasteiger partial charge in [0.15, 0.2) is 0 Å². The Balaban J connectivity index is 1.69. The van der Waals surface area contributed by atoms with Crippen molar-refractivity contribution in [3.8, 4) is 12.1 Å². The molecule has 1 unspecified atom stereocenters. The topological polar surface area (TPSA) is 73.6 Å². The van der Waals surface area contributed by atoms with Crippen molar-refractivity contribution in [1.82, 2.24) is 0 Å². The van der Waals surface area contributed by atoms with Gasteiger partial charge < -0.3 is 5.73 Å². The van der Waals surface area contributed by atoms with E-state index in [0.29, 0.717) is 16.4 Å². The van der Waals surface area contributed by atoms with Crippen LogP contribution in [0.2, 0.25) is 0 Å². The highest BCUT2D eigenvalue weighted by Crippen LogP contribution is 2.75. The smallest absolute Gasteiger partial charge is 0.0991 e. The van der Waals surface area contributed by atoms with Crippen molar-refractivity contribution in [3.05, 3.63) is 35.4 Å². The molecule has 3 aliphatic carbocycles. The molecule has 0 aromatic heterocycles. The van der Waals surface area contributed by atoms with Crippen molar-refractivity contribution < 1.29 is 0 Å². The summed E-state index contributed by atoms with van der Waals surface area (Å²) >= 11 is 0. The molecule has 4 rings (SSSR count). The maximum atomic E-state index is 8.79. The number of hydrogen-bond acceptors (Lipinski definition) is 3. The fourth-order valence-corrected chi connectivity index (χ4v) is 3.93. The minimum Gasteiger partial charge on any atom is -0.316 e. The first kappa shape index (κ1) is 11.3. The Labute approximate surface area is 107 Å². The summed E-state index contributed by atoms with van der Waals surface area (Å²) in [4.78, 5) is 0. The Morgan fingerprint density at radius 1 is 1.17 bits per heavy atom. The fraction of sp³-hybridized carbons (Fsp3) is 0.467. The van der Waals surface area contributed by atoms with Crippen LogP contribution >= 0.6 is 0 Å². The summed E-state index contributed by atoms with van der Waals surface area (Å²) in [5.41, 5.74) is 8.43. The quantitative estimate of drug-likeness (QED) is 0.876. The van der Waals surface area contributed by atoms with Crippen LogP contribution in [-0.2, 0) is 5.41 Å². The Kier molecular flexibility index (Phi) is 2.24. The van der Waals surface area contributed by atoms with Gasteiger partial charge in [-0.05, 0) is 54.2 Å². The summed E-state index contributed by atoms with van der Waals surface area (Å²) in [6, 6.07) is 11.9. The summed E-state index contributed by atoms with van der Waals surface area (Å²) < 4.78 is 0. The highest BCUT2D eigenvalue weighted by molar-refractivity contribution is 5.42. The zero-order valence-electron chi connectivity index (χ0n) is 10.2. The van der Waals surface area contributed by atoms with Gasteiger partial charge in [0.1, 0.15) is 0 Å². The standard InChI is InChI=1S/C15H15N3/c16-6-11-1-3-12(4-2-11)15-8-14(9-15,10-15)5-13(18)7-17/h1-4,13H,5,8-10,18H2. The largest absolute Gasteiger partial charge is 0.316 e. The molecule has 2 N–H and O–H groups in total. The lowest BCUT2D eigenvalue weighted by atomic mass is 9.32. The van der Waals surface area contributed by atoms with Crippen LogP contribution in [0, 0.1) is 28.1 Å². The molecular weight excluding hydrogens is 222 g/mol. The average Bonchev–Trinajstić information content (AvgIpc) is 2.32. The van der Waals surface area contributed by atoms with Crippen molar-refractivity contribution >= 4 is 0 Å². The van der Waals surface area contributed by atoms with Crippen LogP contribution in [0.25, 0.3) is 0 Å². The molecule has 1 atom stereocenters. The molecule has 0 radical (unpaired) electrons. The first-order chi connectivity index (χ1) is 8.61. The van der Waals surface area contributed by atoms with E-state index in [2.05, 4.69) is 24.3 Å². The van der Waals surface area contributed by atoms with Gasteiger partial charge in [0.25, 0.3) is 0 Å². The summed E-state index contributed by atoms with van der Waals surface area (Å²) in [7, 11) is 0. The molecule has 18 heavy (non-hydrogen) atoms. The zero-order valence-corrected chi connectivity index (χ0v) is 10.2. The van der Waals surface area contributed by atoms with Gasteiger partial charge >= 0.3 is 0 Å². The van der Waals surface area contributed by atoms with E-state index in [1.807, 2.05) is 12.1 Å². The number of benzene rings is 1. The number of rotatable bonds is 3. The molecule has 0 spiro atoms. The Bertz CT molecular complexity index is 539. The van der Waals surface area contributed by atoms with E-state index in [1.165, 1.54) is 5.56 Å².